The average Bonchev–Trinajstić information content (AvgIpc) is 2.40. The predicted octanol–water partition coefficient (Wildman–Crippen LogP) is 3.61. The van der Waals surface area contributed by atoms with E-state index in [-0.39, 0.29) is 5.91 Å². The van der Waals surface area contributed by atoms with Crippen LogP contribution in [0.1, 0.15) is 21.6 Å². The van der Waals surface area contributed by atoms with E-state index in [1.54, 1.807) is 37.6 Å². The van der Waals surface area contributed by atoms with Gasteiger partial charge in [-0.05, 0) is 43.7 Å². The van der Waals surface area contributed by atoms with Gasteiger partial charge in [-0.1, -0.05) is 11.6 Å². The second-order valence-electron chi connectivity index (χ2n) is 4.44. The first-order valence-corrected chi connectivity index (χ1v) is 6.47. The van der Waals surface area contributed by atoms with E-state index in [1.807, 2.05) is 13.8 Å². The zero-order chi connectivity index (χ0) is 14.7. The van der Waals surface area contributed by atoms with Crippen molar-refractivity contribution in [2.24, 2.45) is 0 Å². The third-order valence-electron chi connectivity index (χ3n) is 2.90. The molecule has 2 rings (SSSR count). The molecule has 0 radical (unpaired) electrons. The van der Waals surface area contributed by atoms with Gasteiger partial charge in [0.25, 0.3) is 5.91 Å². The normalized spacial score (nSPS) is 10.2. The van der Waals surface area contributed by atoms with Crippen LogP contribution >= 0.6 is 11.6 Å². The first-order chi connectivity index (χ1) is 9.51. The number of hydrogen-bond donors (Lipinski definition) is 1. The second kappa shape index (κ2) is 5.92. The summed E-state index contributed by atoms with van der Waals surface area (Å²) in [6, 6.07) is 6.90. The van der Waals surface area contributed by atoms with Crippen LogP contribution in [0, 0.1) is 13.8 Å². The third kappa shape index (κ3) is 3.08. The summed E-state index contributed by atoms with van der Waals surface area (Å²) in [5.41, 5.74) is 2.86. The number of ether oxygens (including phenoxy) is 1. The molecule has 0 bridgehead atoms. The molecule has 1 N–H and O–H groups in total. The molecule has 0 spiro atoms. The summed E-state index contributed by atoms with van der Waals surface area (Å²) in [7, 11) is 1.54. The van der Waals surface area contributed by atoms with Gasteiger partial charge in [0.2, 0.25) is 0 Å². The molecule has 4 nitrogen and oxygen atoms in total. The van der Waals surface area contributed by atoms with Crippen molar-refractivity contribution >= 4 is 23.2 Å². The molecule has 0 fully saturated rings. The lowest BCUT2D eigenvalue weighted by Gasteiger charge is -2.11. The second-order valence-corrected chi connectivity index (χ2v) is 4.85. The van der Waals surface area contributed by atoms with Crippen molar-refractivity contribution < 1.29 is 9.53 Å². The summed E-state index contributed by atoms with van der Waals surface area (Å²) in [4.78, 5) is 16.4. The first kappa shape index (κ1) is 14.3. The SMILES string of the molecule is COc1cc(C)c(C(=O)Nc2ccnc(C)c2)cc1Cl. The number of pyridine rings is 1. The van der Waals surface area contributed by atoms with Crippen molar-refractivity contribution in [2.75, 3.05) is 12.4 Å². The number of hydrogen-bond acceptors (Lipinski definition) is 3. The van der Waals surface area contributed by atoms with E-state index in [9.17, 15) is 4.79 Å². The fourth-order valence-electron chi connectivity index (χ4n) is 1.88. The molecule has 104 valence electrons. The number of benzene rings is 1. The summed E-state index contributed by atoms with van der Waals surface area (Å²) in [5.74, 6) is 0.345. The quantitative estimate of drug-likeness (QED) is 0.939. The number of nitrogens with one attached hydrogen (secondary N) is 1. The molecule has 0 saturated heterocycles. The number of halogens is 1. The van der Waals surface area contributed by atoms with Crippen molar-refractivity contribution in [1.29, 1.82) is 0 Å². The van der Waals surface area contributed by atoms with Gasteiger partial charge in [-0.15, -0.1) is 0 Å². The molecular formula is C15H15ClN2O2. The molecule has 0 aliphatic carbocycles. The maximum atomic E-state index is 12.3. The largest absolute Gasteiger partial charge is 0.495 e. The Morgan fingerprint density at radius 1 is 1.30 bits per heavy atom. The van der Waals surface area contributed by atoms with Gasteiger partial charge >= 0.3 is 0 Å². The van der Waals surface area contributed by atoms with E-state index >= 15 is 0 Å². The molecule has 0 unspecified atom stereocenters. The van der Waals surface area contributed by atoms with E-state index in [1.165, 1.54) is 0 Å². The molecule has 0 atom stereocenters. The van der Waals surface area contributed by atoms with Crippen LogP contribution < -0.4 is 10.1 Å². The molecule has 0 saturated carbocycles. The Balaban J connectivity index is 2.28. The Labute approximate surface area is 122 Å². The van der Waals surface area contributed by atoms with Crippen LogP contribution in [0.25, 0.3) is 0 Å². The van der Waals surface area contributed by atoms with E-state index in [4.69, 9.17) is 16.3 Å². The average molecular weight is 291 g/mol. The highest BCUT2D eigenvalue weighted by atomic mass is 35.5. The number of nitrogens with zero attached hydrogens (tertiary/aromatic N) is 1. The Morgan fingerprint density at radius 2 is 2.05 bits per heavy atom. The van der Waals surface area contributed by atoms with Gasteiger partial charge < -0.3 is 10.1 Å². The minimum Gasteiger partial charge on any atom is -0.495 e. The van der Waals surface area contributed by atoms with E-state index in [2.05, 4.69) is 10.3 Å². The number of methoxy groups -OCH3 is 1. The van der Waals surface area contributed by atoms with Crippen molar-refractivity contribution in [3.05, 3.63) is 52.3 Å². The third-order valence-corrected chi connectivity index (χ3v) is 3.19. The van der Waals surface area contributed by atoms with Gasteiger partial charge in [-0.25, -0.2) is 0 Å². The van der Waals surface area contributed by atoms with Crippen LogP contribution in [-0.2, 0) is 0 Å². The highest BCUT2D eigenvalue weighted by Gasteiger charge is 2.13. The van der Waals surface area contributed by atoms with Crippen molar-refractivity contribution in [3.63, 3.8) is 0 Å². The lowest BCUT2D eigenvalue weighted by Crippen LogP contribution is -2.13. The summed E-state index contributed by atoms with van der Waals surface area (Å²) in [6.45, 7) is 3.71. The van der Waals surface area contributed by atoms with Gasteiger partial charge in [-0.3, -0.25) is 9.78 Å². The fraction of sp³-hybridized carbons (Fsp3) is 0.200. The Hall–Kier alpha value is -2.07. The van der Waals surface area contributed by atoms with Gasteiger partial charge in [0, 0.05) is 23.1 Å². The van der Waals surface area contributed by atoms with Crippen LogP contribution in [0.5, 0.6) is 5.75 Å². The van der Waals surface area contributed by atoms with Crippen molar-refractivity contribution in [3.8, 4) is 5.75 Å². The Morgan fingerprint density at radius 3 is 2.70 bits per heavy atom. The minimum absolute atomic E-state index is 0.211. The lowest BCUT2D eigenvalue weighted by atomic mass is 10.1. The number of amides is 1. The lowest BCUT2D eigenvalue weighted by molar-refractivity contribution is 0.102. The summed E-state index contributed by atoms with van der Waals surface area (Å²) < 4.78 is 5.12. The number of carbonyl (C=O) groups excluding carboxylic acids is 1. The predicted molar refractivity (Wildman–Crippen MR) is 79.7 cm³/mol. The molecule has 0 aliphatic rings. The zero-order valence-corrected chi connectivity index (χ0v) is 12.3. The zero-order valence-electron chi connectivity index (χ0n) is 11.5. The molecule has 2 aromatic rings. The van der Waals surface area contributed by atoms with Gasteiger partial charge in [0.15, 0.2) is 0 Å². The van der Waals surface area contributed by atoms with Gasteiger partial charge in [0.05, 0.1) is 12.1 Å². The fourth-order valence-corrected chi connectivity index (χ4v) is 2.12. The number of aryl methyl sites for hydroxylation is 2. The summed E-state index contributed by atoms with van der Waals surface area (Å²) >= 11 is 6.06. The standard InChI is InChI=1S/C15H15ClN2O2/c1-9-6-14(20-3)13(16)8-12(9)15(19)18-11-4-5-17-10(2)7-11/h4-8H,1-3H3,(H,17,18,19). The summed E-state index contributed by atoms with van der Waals surface area (Å²) in [6.07, 6.45) is 1.65. The molecule has 1 aromatic heterocycles. The number of anilines is 1. The molecule has 1 amide bonds. The minimum atomic E-state index is -0.211. The maximum Gasteiger partial charge on any atom is 0.255 e. The smallest absolute Gasteiger partial charge is 0.255 e. The van der Waals surface area contributed by atoms with Crippen molar-refractivity contribution in [1.82, 2.24) is 4.98 Å². The van der Waals surface area contributed by atoms with Crippen LogP contribution in [0.15, 0.2) is 30.5 Å². The number of rotatable bonds is 3. The molecule has 1 heterocycles. The summed E-state index contributed by atoms with van der Waals surface area (Å²) in [5, 5.41) is 3.24. The first-order valence-electron chi connectivity index (χ1n) is 6.09. The van der Waals surface area contributed by atoms with Crippen LogP contribution in [-0.4, -0.2) is 18.0 Å². The number of carbonyl (C=O) groups is 1. The maximum absolute atomic E-state index is 12.3. The van der Waals surface area contributed by atoms with Gasteiger partial charge in [-0.2, -0.15) is 0 Å². The topological polar surface area (TPSA) is 51.2 Å². The van der Waals surface area contributed by atoms with Crippen LogP contribution in [0.4, 0.5) is 5.69 Å². The monoisotopic (exact) mass is 290 g/mol. The highest BCUT2D eigenvalue weighted by molar-refractivity contribution is 6.32. The van der Waals surface area contributed by atoms with Crippen LogP contribution in [0.2, 0.25) is 5.02 Å². The molecule has 1 aromatic carbocycles. The Bertz CT molecular complexity index is 656. The highest BCUT2D eigenvalue weighted by Crippen LogP contribution is 2.28. The Kier molecular flexibility index (Phi) is 4.25. The van der Waals surface area contributed by atoms with E-state index < -0.39 is 0 Å². The molecule has 5 heteroatoms. The van der Waals surface area contributed by atoms with Crippen LogP contribution in [0.3, 0.4) is 0 Å². The van der Waals surface area contributed by atoms with Crippen molar-refractivity contribution in [2.45, 2.75) is 13.8 Å². The molecule has 0 aliphatic heterocycles. The number of aromatic nitrogens is 1. The molecule has 20 heavy (non-hydrogen) atoms. The van der Waals surface area contributed by atoms with E-state index in [0.717, 1.165) is 11.3 Å². The molecular weight excluding hydrogens is 276 g/mol. The van der Waals surface area contributed by atoms with E-state index in [0.29, 0.717) is 22.0 Å². The van der Waals surface area contributed by atoms with Gasteiger partial charge in [0.1, 0.15) is 5.75 Å².